The minimum Gasteiger partial charge on any atom is -0.315 e. The molecule has 1 N–H and O–H groups in total. The molecule has 1 fully saturated rings. The van der Waals surface area contributed by atoms with Crippen molar-refractivity contribution < 1.29 is 13.2 Å². The largest absolute Gasteiger partial charge is 0.434 e. The first kappa shape index (κ1) is 15.7. The smallest absolute Gasteiger partial charge is 0.315 e. The Morgan fingerprint density at radius 3 is 2.65 bits per heavy atom. The zero-order chi connectivity index (χ0) is 14.9. The highest BCUT2D eigenvalue weighted by Crippen LogP contribution is 2.37. The molecule has 4 nitrogen and oxygen atoms in total. The number of likely N-dealkylation sites (N-methyl/N-ethyl adjacent to an activating group) is 2. The van der Waals surface area contributed by atoms with E-state index in [1.165, 1.54) is 0 Å². The molecule has 2 heterocycles. The lowest BCUT2D eigenvalue weighted by atomic mass is 10.2. The van der Waals surface area contributed by atoms with Crippen molar-refractivity contribution in [2.75, 3.05) is 40.8 Å². The molecule has 0 spiro atoms. The van der Waals surface area contributed by atoms with Crippen LogP contribution in [0.5, 0.6) is 0 Å². The number of hydrogen-bond donors (Lipinski definition) is 1. The molecular formula is C12H19F3N4S. The van der Waals surface area contributed by atoms with E-state index in [1.54, 1.807) is 7.05 Å². The fourth-order valence-corrected chi connectivity index (χ4v) is 3.55. The lowest BCUT2D eigenvalue weighted by molar-refractivity contribution is -0.141. The molecule has 0 bridgehead atoms. The Morgan fingerprint density at radius 1 is 1.35 bits per heavy atom. The third-order valence-electron chi connectivity index (χ3n) is 3.46. The Labute approximate surface area is 120 Å². The van der Waals surface area contributed by atoms with Crippen molar-refractivity contribution in [3.05, 3.63) is 15.6 Å². The number of nitrogens with one attached hydrogen (secondary N) is 1. The van der Waals surface area contributed by atoms with Crippen LogP contribution in [0.25, 0.3) is 0 Å². The van der Waals surface area contributed by atoms with Gasteiger partial charge in [-0.25, -0.2) is 4.98 Å². The Hall–Kier alpha value is -0.700. The molecule has 1 aliphatic rings. The highest BCUT2D eigenvalue weighted by atomic mass is 32.1. The van der Waals surface area contributed by atoms with Crippen molar-refractivity contribution in [2.24, 2.45) is 0 Å². The van der Waals surface area contributed by atoms with E-state index in [-0.39, 0.29) is 17.5 Å². The summed E-state index contributed by atoms with van der Waals surface area (Å²) >= 11 is 1.16. The van der Waals surface area contributed by atoms with Crippen molar-refractivity contribution in [1.82, 2.24) is 20.1 Å². The number of thiazole rings is 1. The van der Waals surface area contributed by atoms with E-state index in [2.05, 4.69) is 20.1 Å². The molecule has 114 valence electrons. The van der Waals surface area contributed by atoms with Crippen LogP contribution in [-0.2, 0) is 12.7 Å². The van der Waals surface area contributed by atoms with Crippen molar-refractivity contribution in [3.8, 4) is 0 Å². The summed E-state index contributed by atoms with van der Waals surface area (Å²) in [5.74, 6) is 0. The predicted molar refractivity (Wildman–Crippen MR) is 72.7 cm³/mol. The predicted octanol–water partition coefficient (Wildman–Crippen LogP) is 1.80. The maximum absolute atomic E-state index is 13.0. The molecule has 0 saturated carbocycles. The average Bonchev–Trinajstić information content (AvgIpc) is 2.76. The van der Waals surface area contributed by atoms with Crippen molar-refractivity contribution >= 4 is 11.3 Å². The summed E-state index contributed by atoms with van der Waals surface area (Å²) in [6, 6.07) is -0.0644. The van der Waals surface area contributed by atoms with Crippen molar-refractivity contribution in [2.45, 2.75) is 18.8 Å². The van der Waals surface area contributed by atoms with Gasteiger partial charge in [0.25, 0.3) is 0 Å². The zero-order valence-corrected chi connectivity index (χ0v) is 12.6. The van der Waals surface area contributed by atoms with Gasteiger partial charge < -0.3 is 10.2 Å². The summed E-state index contributed by atoms with van der Waals surface area (Å²) in [5.41, 5.74) is -0.742. The second-order valence-corrected chi connectivity index (χ2v) is 6.23. The molecule has 1 aromatic heterocycles. The molecule has 0 amide bonds. The van der Waals surface area contributed by atoms with E-state index in [0.29, 0.717) is 11.6 Å². The summed E-state index contributed by atoms with van der Waals surface area (Å²) in [5, 5.41) is 3.33. The number of alkyl halides is 3. The second kappa shape index (κ2) is 5.97. The molecule has 1 unspecified atom stereocenters. The van der Waals surface area contributed by atoms with Crippen LogP contribution in [0.3, 0.4) is 0 Å². The van der Waals surface area contributed by atoms with Crippen LogP contribution in [-0.4, -0.2) is 55.6 Å². The third-order valence-corrected chi connectivity index (χ3v) is 4.61. The molecule has 1 aromatic rings. The van der Waals surface area contributed by atoms with Gasteiger partial charge in [0.15, 0.2) is 5.69 Å². The van der Waals surface area contributed by atoms with E-state index in [4.69, 9.17) is 0 Å². The first-order valence-electron chi connectivity index (χ1n) is 6.43. The first-order valence-corrected chi connectivity index (χ1v) is 7.24. The van der Waals surface area contributed by atoms with E-state index in [1.807, 2.05) is 14.1 Å². The molecule has 2 rings (SSSR count). The summed E-state index contributed by atoms with van der Waals surface area (Å²) < 4.78 is 39.1. The van der Waals surface area contributed by atoms with Crippen LogP contribution in [0.1, 0.15) is 21.6 Å². The average molecular weight is 308 g/mol. The highest BCUT2D eigenvalue weighted by Gasteiger charge is 2.39. The number of aromatic nitrogens is 1. The minimum absolute atomic E-state index is 0.0644. The van der Waals surface area contributed by atoms with E-state index in [9.17, 15) is 13.2 Å². The maximum atomic E-state index is 13.0. The SMILES string of the molecule is CNCc1sc(C2CN(C)CCN2C)nc1C(F)(F)F. The molecule has 8 heteroatoms. The summed E-state index contributed by atoms with van der Waals surface area (Å²) in [6.45, 7) is 2.66. The molecular weight excluding hydrogens is 289 g/mol. The molecule has 20 heavy (non-hydrogen) atoms. The lowest BCUT2D eigenvalue weighted by Crippen LogP contribution is -2.44. The first-order chi connectivity index (χ1) is 9.32. The van der Waals surface area contributed by atoms with Gasteiger partial charge in [0.1, 0.15) is 5.01 Å². The minimum atomic E-state index is -4.39. The van der Waals surface area contributed by atoms with Gasteiger partial charge in [-0.05, 0) is 21.1 Å². The molecule has 1 saturated heterocycles. The van der Waals surface area contributed by atoms with Crippen LogP contribution in [0.15, 0.2) is 0 Å². The van der Waals surface area contributed by atoms with Gasteiger partial charge in [-0.15, -0.1) is 11.3 Å². The quantitative estimate of drug-likeness (QED) is 0.923. The van der Waals surface area contributed by atoms with E-state index < -0.39 is 11.9 Å². The second-order valence-electron chi connectivity index (χ2n) is 5.11. The number of halogens is 3. The standard InChI is InChI=1S/C12H19F3N4S/c1-16-6-9-10(12(13,14)15)17-11(20-9)8-7-18(2)4-5-19(8)3/h8,16H,4-7H2,1-3H3. The molecule has 1 atom stereocenters. The Bertz CT molecular complexity index is 460. The van der Waals surface area contributed by atoms with Crippen LogP contribution >= 0.6 is 11.3 Å². The number of hydrogen-bond acceptors (Lipinski definition) is 5. The van der Waals surface area contributed by atoms with Crippen LogP contribution < -0.4 is 5.32 Å². The molecule has 1 aliphatic heterocycles. The van der Waals surface area contributed by atoms with Crippen molar-refractivity contribution in [1.29, 1.82) is 0 Å². The van der Waals surface area contributed by atoms with E-state index in [0.717, 1.165) is 24.4 Å². The van der Waals surface area contributed by atoms with Crippen LogP contribution in [0, 0.1) is 0 Å². The topological polar surface area (TPSA) is 31.4 Å². The lowest BCUT2D eigenvalue weighted by Gasteiger charge is -2.36. The highest BCUT2D eigenvalue weighted by molar-refractivity contribution is 7.11. The normalized spacial score (nSPS) is 22.4. The van der Waals surface area contributed by atoms with Gasteiger partial charge in [0.2, 0.25) is 0 Å². The van der Waals surface area contributed by atoms with Gasteiger partial charge in [-0.3, -0.25) is 4.90 Å². The van der Waals surface area contributed by atoms with Crippen LogP contribution in [0.2, 0.25) is 0 Å². The molecule has 0 radical (unpaired) electrons. The third kappa shape index (κ3) is 3.30. The Kier molecular flexibility index (Phi) is 4.68. The van der Waals surface area contributed by atoms with Gasteiger partial charge >= 0.3 is 6.18 Å². The number of piperazine rings is 1. The van der Waals surface area contributed by atoms with Gasteiger partial charge in [-0.2, -0.15) is 13.2 Å². The Morgan fingerprint density at radius 2 is 2.05 bits per heavy atom. The van der Waals surface area contributed by atoms with Crippen molar-refractivity contribution in [3.63, 3.8) is 0 Å². The van der Waals surface area contributed by atoms with Gasteiger partial charge in [0, 0.05) is 26.2 Å². The monoisotopic (exact) mass is 308 g/mol. The summed E-state index contributed by atoms with van der Waals surface area (Å²) in [7, 11) is 5.55. The fourth-order valence-electron chi connectivity index (χ4n) is 2.29. The molecule has 0 aromatic carbocycles. The summed E-state index contributed by atoms with van der Waals surface area (Å²) in [6.07, 6.45) is -4.39. The molecule has 0 aliphatic carbocycles. The number of rotatable bonds is 3. The van der Waals surface area contributed by atoms with Crippen LogP contribution in [0.4, 0.5) is 13.2 Å². The van der Waals surface area contributed by atoms with E-state index >= 15 is 0 Å². The summed E-state index contributed by atoms with van der Waals surface area (Å²) in [4.78, 5) is 8.35. The number of nitrogens with zero attached hydrogens (tertiary/aromatic N) is 3. The fraction of sp³-hybridized carbons (Fsp3) is 0.750. The zero-order valence-electron chi connectivity index (χ0n) is 11.8. The van der Waals surface area contributed by atoms with Gasteiger partial charge in [-0.1, -0.05) is 0 Å². The Balaban J connectivity index is 2.32. The van der Waals surface area contributed by atoms with Gasteiger partial charge in [0.05, 0.1) is 10.9 Å². The maximum Gasteiger partial charge on any atom is 0.434 e.